The molecule has 0 fully saturated rings. The largest absolute Gasteiger partial charge is 0.387 e. The maximum atomic E-state index is 13.2. The van der Waals surface area contributed by atoms with E-state index in [1.54, 1.807) is 12.3 Å². The van der Waals surface area contributed by atoms with Crippen LogP contribution in [0.1, 0.15) is 24.3 Å². The van der Waals surface area contributed by atoms with Gasteiger partial charge in [0.2, 0.25) is 0 Å². The lowest BCUT2D eigenvalue weighted by molar-refractivity contribution is 0.195. The number of rotatable bonds is 2. The van der Waals surface area contributed by atoms with Crippen molar-refractivity contribution < 1.29 is 9.50 Å². The number of nitrogens with zero attached hydrogens (tertiary/aromatic N) is 1. The molecule has 4 heteroatoms. The molecule has 0 aliphatic heterocycles. The molecule has 0 aliphatic rings. The zero-order valence-electron chi connectivity index (χ0n) is 9.07. The standard InChI is InChI=1S/C12H12FNOS/c1-7-3-9(5-10(13)4-7)12-14-11(6-16-12)8(2)15/h3-6,8,15H,1-2H3. The van der Waals surface area contributed by atoms with E-state index < -0.39 is 6.10 Å². The molecule has 84 valence electrons. The van der Waals surface area contributed by atoms with E-state index in [4.69, 9.17) is 0 Å². The number of halogens is 1. The minimum Gasteiger partial charge on any atom is -0.387 e. The summed E-state index contributed by atoms with van der Waals surface area (Å²) in [5.41, 5.74) is 2.25. The van der Waals surface area contributed by atoms with Gasteiger partial charge < -0.3 is 5.11 Å². The molecule has 1 atom stereocenters. The lowest BCUT2D eigenvalue weighted by Crippen LogP contribution is -1.90. The van der Waals surface area contributed by atoms with Gasteiger partial charge in [-0.3, -0.25) is 0 Å². The van der Waals surface area contributed by atoms with Gasteiger partial charge in [-0.05, 0) is 37.6 Å². The summed E-state index contributed by atoms with van der Waals surface area (Å²) < 4.78 is 13.2. The summed E-state index contributed by atoms with van der Waals surface area (Å²) in [5.74, 6) is -0.260. The Bertz CT molecular complexity index is 487. The molecule has 1 aromatic heterocycles. The Kier molecular flexibility index (Phi) is 3.03. The first-order valence-electron chi connectivity index (χ1n) is 4.97. The fourth-order valence-electron chi connectivity index (χ4n) is 1.47. The van der Waals surface area contributed by atoms with Gasteiger partial charge in [-0.2, -0.15) is 0 Å². The van der Waals surface area contributed by atoms with Gasteiger partial charge in [0.25, 0.3) is 0 Å². The van der Waals surface area contributed by atoms with E-state index in [9.17, 15) is 9.50 Å². The first-order valence-corrected chi connectivity index (χ1v) is 5.85. The van der Waals surface area contributed by atoms with E-state index in [-0.39, 0.29) is 5.82 Å². The monoisotopic (exact) mass is 237 g/mol. The molecule has 1 aromatic carbocycles. The Morgan fingerprint density at radius 1 is 1.38 bits per heavy atom. The second-order valence-corrected chi connectivity index (χ2v) is 4.63. The molecule has 2 rings (SSSR count). The van der Waals surface area contributed by atoms with Gasteiger partial charge in [0, 0.05) is 10.9 Å². The van der Waals surface area contributed by atoms with Crippen LogP contribution in [0.4, 0.5) is 4.39 Å². The summed E-state index contributed by atoms with van der Waals surface area (Å²) in [4.78, 5) is 4.26. The minimum atomic E-state index is -0.584. The maximum Gasteiger partial charge on any atom is 0.124 e. The number of aryl methyl sites for hydroxylation is 1. The average molecular weight is 237 g/mol. The number of hydrogen-bond donors (Lipinski definition) is 1. The van der Waals surface area contributed by atoms with Crippen molar-refractivity contribution in [3.8, 4) is 10.6 Å². The zero-order valence-corrected chi connectivity index (χ0v) is 9.88. The van der Waals surface area contributed by atoms with E-state index in [1.165, 1.54) is 23.5 Å². The predicted molar refractivity (Wildman–Crippen MR) is 62.9 cm³/mol. The van der Waals surface area contributed by atoms with Gasteiger partial charge in [0.1, 0.15) is 10.8 Å². The van der Waals surface area contributed by atoms with Gasteiger partial charge >= 0.3 is 0 Å². The molecule has 0 saturated heterocycles. The van der Waals surface area contributed by atoms with E-state index in [1.807, 2.05) is 13.0 Å². The normalized spacial score (nSPS) is 12.8. The molecule has 1 unspecified atom stereocenters. The number of aliphatic hydroxyl groups excluding tert-OH is 1. The van der Waals surface area contributed by atoms with Crippen molar-refractivity contribution in [1.29, 1.82) is 0 Å². The highest BCUT2D eigenvalue weighted by atomic mass is 32.1. The van der Waals surface area contributed by atoms with Crippen LogP contribution in [0.3, 0.4) is 0 Å². The molecule has 1 heterocycles. The fraction of sp³-hybridized carbons (Fsp3) is 0.250. The Hall–Kier alpha value is -1.26. The average Bonchev–Trinajstić information content (AvgIpc) is 2.64. The Balaban J connectivity index is 2.42. The molecule has 0 aliphatic carbocycles. The second-order valence-electron chi connectivity index (χ2n) is 3.77. The van der Waals surface area contributed by atoms with Crippen LogP contribution >= 0.6 is 11.3 Å². The third-order valence-corrected chi connectivity index (χ3v) is 3.15. The highest BCUT2D eigenvalue weighted by molar-refractivity contribution is 7.13. The van der Waals surface area contributed by atoms with Crippen LogP contribution in [-0.4, -0.2) is 10.1 Å². The van der Waals surface area contributed by atoms with Gasteiger partial charge in [0.15, 0.2) is 0 Å². The summed E-state index contributed by atoms with van der Waals surface area (Å²) in [6.45, 7) is 3.51. The van der Waals surface area contributed by atoms with Crippen molar-refractivity contribution in [2.75, 3.05) is 0 Å². The minimum absolute atomic E-state index is 0.260. The van der Waals surface area contributed by atoms with Crippen LogP contribution in [0.25, 0.3) is 10.6 Å². The number of thiazole rings is 1. The molecule has 16 heavy (non-hydrogen) atoms. The number of benzene rings is 1. The molecule has 1 N–H and O–H groups in total. The Morgan fingerprint density at radius 3 is 2.69 bits per heavy atom. The quantitative estimate of drug-likeness (QED) is 0.869. The van der Waals surface area contributed by atoms with E-state index in [0.717, 1.165) is 16.1 Å². The summed E-state index contributed by atoms with van der Waals surface area (Å²) in [6.07, 6.45) is -0.584. The number of aliphatic hydroxyl groups is 1. The highest BCUT2D eigenvalue weighted by Crippen LogP contribution is 2.27. The van der Waals surface area contributed by atoms with Crippen molar-refractivity contribution in [1.82, 2.24) is 4.98 Å². The molecule has 0 saturated carbocycles. The molecule has 0 bridgehead atoms. The van der Waals surface area contributed by atoms with E-state index in [2.05, 4.69) is 4.98 Å². The third kappa shape index (κ3) is 2.28. The lowest BCUT2D eigenvalue weighted by Gasteiger charge is -2.00. The summed E-state index contributed by atoms with van der Waals surface area (Å²) in [6, 6.07) is 4.82. The first-order chi connectivity index (χ1) is 7.56. The first kappa shape index (κ1) is 11.2. The fourth-order valence-corrected chi connectivity index (χ4v) is 2.36. The van der Waals surface area contributed by atoms with E-state index in [0.29, 0.717) is 5.69 Å². The van der Waals surface area contributed by atoms with E-state index >= 15 is 0 Å². The van der Waals surface area contributed by atoms with Crippen molar-refractivity contribution in [3.63, 3.8) is 0 Å². The zero-order chi connectivity index (χ0) is 11.7. The number of hydrogen-bond acceptors (Lipinski definition) is 3. The predicted octanol–water partition coefficient (Wildman–Crippen LogP) is 3.31. The SMILES string of the molecule is Cc1cc(F)cc(-c2nc(C(C)O)cs2)c1. The molecule has 2 nitrogen and oxygen atoms in total. The lowest BCUT2D eigenvalue weighted by atomic mass is 10.1. The van der Waals surface area contributed by atoms with Crippen LogP contribution in [-0.2, 0) is 0 Å². The topological polar surface area (TPSA) is 33.1 Å². The van der Waals surface area contributed by atoms with Crippen molar-refractivity contribution in [3.05, 3.63) is 40.7 Å². The van der Waals surface area contributed by atoms with Gasteiger partial charge in [-0.1, -0.05) is 0 Å². The van der Waals surface area contributed by atoms with Gasteiger partial charge in [-0.25, -0.2) is 9.37 Å². The Morgan fingerprint density at radius 2 is 2.12 bits per heavy atom. The van der Waals surface area contributed by atoms with Crippen LogP contribution in [0.2, 0.25) is 0 Å². The molecule has 2 aromatic rings. The molecule has 0 spiro atoms. The van der Waals surface area contributed by atoms with Crippen LogP contribution < -0.4 is 0 Å². The van der Waals surface area contributed by atoms with Crippen molar-refractivity contribution in [2.45, 2.75) is 20.0 Å². The van der Waals surface area contributed by atoms with Crippen LogP contribution in [0.15, 0.2) is 23.6 Å². The molecular formula is C12H12FNOS. The molecule has 0 amide bonds. The van der Waals surface area contributed by atoms with Gasteiger partial charge in [0.05, 0.1) is 11.8 Å². The summed E-state index contributed by atoms with van der Waals surface area (Å²) in [7, 11) is 0. The van der Waals surface area contributed by atoms with Crippen LogP contribution in [0, 0.1) is 12.7 Å². The summed E-state index contributed by atoms with van der Waals surface area (Å²) >= 11 is 1.41. The smallest absolute Gasteiger partial charge is 0.124 e. The van der Waals surface area contributed by atoms with Crippen molar-refractivity contribution in [2.24, 2.45) is 0 Å². The maximum absolute atomic E-state index is 13.2. The van der Waals surface area contributed by atoms with Gasteiger partial charge in [-0.15, -0.1) is 11.3 Å². The Labute approximate surface area is 97.4 Å². The molecule has 0 radical (unpaired) electrons. The second kappa shape index (κ2) is 4.31. The highest BCUT2D eigenvalue weighted by Gasteiger charge is 2.09. The summed E-state index contributed by atoms with van der Waals surface area (Å²) in [5, 5.41) is 11.9. The van der Waals surface area contributed by atoms with Crippen LogP contribution in [0.5, 0.6) is 0 Å². The number of aromatic nitrogens is 1. The van der Waals surface area contributed by atoms with Crippen molar-refractivity contribution >= 4 is 11.3 Å². The molecular weight excluding hydrogens is 225 g/mol. The third-order valence-electron chi connectivity index (χ3n) is 2.24.